The van der Waals surface area contributed by atoms with Crippen molar-refractivity contribution < 1.29 is 9.47 Å². The van der Waals surface area contributed by atoms with E-state index in [1.165, 1.54) is 11.4 Å². The highest BCUT2D eigenvalue weighted by Gasteiger charge is 2.21. The topological polar surface area (TPSA) is 41.1 Å². The first kappa shape index (κ1) is 21.8. The van der Waals surface area contributed by atoms with Crippen molar-refractivity contribution in [3.8, 4) is 22.9 Å². The fraction of sp³-hybridized carbons (Fsp3) is 0.346. The molecule has 1 aromatic heterocycles. The summed E-state index contributed by atoms with van der Waals surface area (Å²) in [7, 11) is 5.80. The van der Waals surface area contributed by atoms with Crippen molar-refractivity contribution in [2.75, 3.05) is 68.7 Å². The molecule has 1 aliphatic rings. The van der Waals surface area contributed by atoms with Crippen molar-refractivity contribution in [2.45, 2.75) is 6.92 Å². The van der Waals surface area contributed by atoms with Gasteiger partial charge < -0.3 is 24.2 Å². The lowest BCUT2D eigenvalue weighted by Gasteiger charge is -2.38. The Morgan fingerprint density at radius 2 is 1.50 bits per heavy atom. The minimum Gasteiger partial charge on any atom is -0.497 e. The maximum absolute atomic E-state index is 5.71. The largest absolute Gasteiger partial charge is 0.497 e. The van der Waals surface area contributed by atoms with Gasteiger partial charge in [0.05, 0.1) is 25.1 Å². The lowest BCUT2D eigenvalue weighted by molar-refractivity contribution is 0.327. The van der Waals surface area contributed by atoms with E-state index in [1.54, 1.807) is 7.11 Å². The Hall–Kier alpha value is -3.41. The molecular weight excluding hydrogens is 400 g/mol. The van der Waals surface area contributed by atoms with Crippen LogP contribution in [0.2, 0.25) is 0 Å². The van der Waals surface area contributed by atoms with E-state index >= 15 is 0 Å². The molecule has 0 atom stereocenters. The van der Waals surface area contributed by atoms with Crippen LogP contribution in [0, 0.1) is 0 Å². The number of anilines is 3. The van der Waals surface area contributed by atoms with E-state index < -0.39 is 0 Å². The zero-order valence-electron chi connectivity index (χ0n) is 19.4. The molecule has 6 heteroatoms. The number of hydrogen-bond donors (Lipinski definition) is 0. The summed E-state index contributed by atoms with van der Waals surface area (Å²) in [6.07, 6.45) is 0. The zero-order valence-corrected chi connectivity index (χ0v) is 19.4. The predicted octanol–water partition coefficient (Wildman–Crippen LogP) is 4.55. The summed E-state index contributed by atoms with van der Waals surface area (Å²) in [6, 6.07) is 21.0. The molecular formula is C26H32N4O2. The van der Waals surface area contributed by atoms with Crippen molar-refractivity contribution >= 4 is 17.1 Å². The molecule has 0 spiro atoms. The third-order valence-electron chi connectivity index (χ3n) is 5.86. The van der Waals surface area contributed by atoms with Crippen molar-refractivity contribution in [1.29, 1.82) is 0 Å². The minimum atomic E-state index is 0.603. The molecule has 4 rings (SSSR count). The van der Waals surface area contributed by atoms with E-state index in [4.69, 9.17) is 14.5 Å². The van der Waals surface area contributed by atoms with Gasteiger partial charge in [0.25, 0.3) is 0 Å². The van der Waals surface area contributed by atoms with E-state index in [9.17, 15) is 0 Å². The van der Waals surface area contributed by atoms with Crippen LogP contribution >= 0.6 is 0 Å². The van der Waals surface area contributed by atoms with Gasteiger partial charge in [0.2, 0.25) is 5.88 Å². The number of rotatable bonds is 7. The first-order valence-electron chi connectivity index (χ1n) is 11.1. The van der Waals surface area contributed by atoms with Gasteiger partial charge in [0.1, 0.15) is 5.75 Å². The van der Waals surface area contributed by atoms with Crippen molar-refractivity contribution in [2.24, 2.45) is 0 Å². The Kier molecular flexibility index (Phi) is 6.69. The average Bonchev–Trinajstić information content (AvgIpc) is 2.84. The maximum atomic E-state index is 5.71. The molecule has 0 unspecified atom stereocenters. The number of aromatic nitrogens is 1. The normalized spacial score (nSPS) is 13.8. The molecule has 32 heavy (non-hydrogen) atoms. The van der Waals surface area contributed by atoms with Gasteiger partial charge >= 0.3 is 0 Å². The smallest absolute Gasteiger partial charge is 0.213 e. The molecule has 0 amide bonds. The first-order chi connectivity index (χ1) is 15.6. The van der Waals surface area contributed by atoms with E-state index in [1.807, 2.05) is 25.1 Å². The van der Waals surface area contributed by atoms with Crippen molar-refractivity contribution in [1.82, 2.24) is 4.98 Å². The molecule has 1 fully saturated rings. The SMILES string of the molecule is CCOc1ccc(N2CCN(c3ccc(OC)cc3)CC2)c(-c2ccc(N(C)C)cc2)n1. The summed E-state index contributed by atoms with van der Waals surface area (Å²) < 4.78 is 11.0. The second kappa shape index (κ2) is 9.81. The fourth-order valence-electron chi connectivity index (χ4n) is 4.05. The highest BCUT2D eigenvalue weighted by atomic mass is 16.5. The van der Waals surface area contributed by atoms with Crippen LogP contribution in [-0.2, 0) is 0 Å². The Bertz CT molecular complexity index is 1010. The molecule has 0 aliphatic carbocycles. The molecule has 6 nitrogen and oxygen atoms in total. The number of ether oxygens (including phenoxy) is 2. The average molecular weight is 433 g/mol. The van der Waals surface area contributed by atoms with Crippen molar-refractivity contribution in [3.05, 3.63) is 60.7 Å². The van der Waals surface area contributed by atoms with Gasteiger partial charge in [0, 0.05) is 63.3 Å². The van der Waals surface area contributed by atoms with Crippen LogP contribution in [0.15, 0.2) is 60.7 Å². The first-order valence-corrected chi connectivity index (χ1v) is 11.1. The lowest BCUT2D eigenvalue weighted by atomic mass is 10.1. The molecule has 0 saturated carbocycles. The molecule has 2 aromatic carbocycles. The molecule has 0 bridgehead atoms. The molecule has 0 N–H and O–H groups in total. The van der Waals surface area contributed by atoms with E-state index in [0.717, 1.165) is 48.9 Å². The van der Waals surface area contributed by atoms with Crippen LogP contribution in [0.4, 0.5) is 17.1 Å². The Labute approximate surface area is 191 Å². The van der Waals surface area contributed by atoms with Crippen LogP contribution in [-0.4, -0.2) is 59.0 Å². The third-order valence-corrected chi connectivity index (χ3v) is 5.86. The second-order valence-electron chi connectivity index (χ2n) is 8.06. The molecule has 0 radical (unpaired) electrons. The summed E-state index contributed by atoms with van der Waals surface area (Å²) >= 11 is 0. The quantitative estimate of drug-likeness (QED) is 0.546. The number of benzene rings is 2. The maximum Gasteiger partial charge on any atom is 0.213 e. The Morgan fingerprint density at radius 3 is 2.09 bits per heavy atom. The number of pyridine rings is 1. The number of methoxy groups -OCH3 is 1. The molecule has 1 saturated heterocycles. The summed E-state index contributed by atoms with van der Waals surface area (Å²) in [5.74, 6) is 1.55. The third kappa shape index (κ3) is 4.74. The monoisotopic (exact) mass is 432 g/mol. The van der Waals surface area contributed by atoms with E-state index in [2.05, 4.69) is 71.3 Å². The minimum absolute atomic E-state index is 0.603. The Morgan fingerprint density at radius 1 is 0.844 bits per heavy atom. The number of piperazine rings is 1. The van der Waals surface area contributed by atoms with Crippen LogP contribution in [0.1, 0.15) is 6.92 Å². The molecule has 2 heterocycles. The van der Waals surface area contributed by atoms with Crippen LogP contribution < -0.4 is 24.2 Å². The highest BCUT2D eigenvalue weighted by Crippen LogP contribution is 2.33. The van der Waals surface area contributed by atoms with Gasteiger partial charge in [0.15, 0.2) is 0 Å². The lowest BCUT2D eigenvalue weighted by Crippen LogP contribution is -2.46. The second-order valence-corrected chi connectivity index (χ2v) is 8.06. The highest BCUT2D eigenvalue weighted by molar-refractivity contribution is 5.77. The molecule has 1 aliphatic heterocycles. The fourth-order valence-corrected chi connectivity index (χ4v) is 4.05. The summed E-state index contributed by atoms with van der Waals surface area (Å²) in [4.78, 5) is 11.8. The van der Waals surface area contributed by atoms with Crippen molar-refractivity contribution in [3.63, 3.8) is 0 Å². The van der Waals surface area contributed by atoms with Gasteiger partial charge in [-0.25, -0.2) is 4.98 Å². The van der Waals surface area contributed by atoms with Gasteiger partial charge in [-0.05, 0) is 49.4 Å². The number of hydrogen-bond acceptors (Lipinski definition) is 6. The molecule has 3 aromatic rings. The van der Waals surface area contributed by atoms with E-state index in [0.29, 0.717) is 12.5 Å². The molecule has 168 valence electrons. The predicted molar refractivity (Wildman–Crippen MR) is 133 cm³/mol. The van der Waals surface area contributed by atoms with Crippen LogP contribution in [0.5, 0.6) is 11.6 Å². The van der Waals surface area contributed by atoms with Gasteiger partial charge in [-0.15, -0.1) is 0 Å². The van der Waals surface area contributed by atoms with Crippen LogP contribution in [0.25, 0.3) is 11.3 Å². The van der Waals surface area contributed by atoms with E-state index in [-0.39, 0.29) is 0 Å². The Balaban J connectivity index is 1.56. The van der Waals surface area contributed by atoms with Gasteiger partial charge in [-0.3, -0.25) is 0 Å². The van der Waals surface area contributed by atoms with Crippen LogP contribution in [0.3, 0.4) is 0 Å². The summed E-state index contributed by atoms with van der Waals surface area (Å²) in [6.45, 7) is 6.37. The standard InChI is InChI=1S/C26H32N4O2/c1-5-32-25-15-14-24(26(27-25)20-6-8-21(9-7-20)28(2)3)30-18-16-29(17-19-30)22-10-12-23(31-4)13-11-22/h6-15H,5,16-19H2,1-4H3. The summed E-state index contributed by atoms with van der Waals surface area (Å²) in [5.41, 5.74) is 5.63. The zero-order chi connectivity index (χ0) is 22.5. The van der Waals surface area contributed by atoms with Gasteiger partial charge in [-0.2, -0.15) is 0 Å². The van der Waals surface area contributed by atoms with Gasteiger partial charge in [-0.1, -0.05) is 12.1 Å². The summed E-state index contributed by atoms with van der Waals surface area (Å²) in [5, 5.41) is 0. The number of nitrogens with zero attached hydrogens (tertiary/aromatic N) is 4.